The number of allylic oxidation sites excluding steroid dienone is 1. The predicted octanol–water partition coefficient (Wildman–Crippen LogP) is 2.69. The van der Waals surface area contributed by atoms with Crippen LogP contribution in [0.3, 0.4) is 0 Å². The molecule has 110 valence electrons. The maximum atomic E-state index is 12.3. The summed E-state index contributed by atoms with van der Waals surface area (Å²) >= 11 is 0. The van der Waals surface area contributed by atoms with E-state index in [1.165, 1.54) is 19.0 Å². The van der Waals surface area contributed by atoms with Gasteiger partial charge >= 0.3 is 6.18 Å². The molecular weight excluding hydrogens is 271 g/mol. The second-order valence-electron chi connectivity index (χ2n) is 4.52. The zero-order valence-corrected chi connectivity index (χ0v) is 11.2. The molecule has 20 heavy (non-hydrogen) atoms. The fourth-order valence-corrected chi connectivity index (χ4v) is 1.59. The van der Waals surface area contributed by atoms with E-state index in [1.54, 1.807) is 30.3 Å². The topological polar surface area (TPSA) is 40.5 Å². The molecule has 0 aliphatic rings. The van der Waals surface area contributed by atoms with Gasteiger partial charge in [0.05, 0.1) is 6.10 Å². The Kier molecular flexibility index (Phi) is 5.33. The summed E-state index contributed by atoms with van der Waals surface area (Å²) in [6.07, 6.45) is -5.42. The summed E-state index contributed by atoms with van der Waals surface area (Å²) in [4.78, 5) is 12.4. The van der Waals surface area contributed by atoms with Crippen molar-refractivity contribution < 1.29 is 23.1 Å². The fraction of sp³-hybridized carbons (Fsp3) is 0.357. The molecule has 1 N–H and O–H groups in total. The van der Waals surface area contributed by atoms with E-state index in [4.69, 9.17) is 0 Å². The van der Waals surface area contributed by atoms with E-state index in [-0.39, 0.29) is 12.1 Å². The lowest BCUT2D eigenvalue weighted by molar-refractivity contribution is -0.165. The van der Waals surface area contributed by atoms with Crippen molar-refractivity contribution in [2.75, 3.05) is 14.1 Å². The molecule has 0 heterocycles. The number of hydrogen-bond donors (Lipinski definition) is 1. The highest BCUT2D eigenvalue weighted by molar-refractivity contribution is 5.94. The fourth-order valence-electron chi connectivity index (χ4n) is 1.59. The third-order valence-corrected chi connectivity index (χ3v) is 2.74. The van der Waals surface area contributed by atoms with Crippen LogP contribution in [-0.4, -0.2) is 36.1 Å². The highest BCUT2D eigenvalue weighted by atomic mass is 19.4. The zero-order chi connectivity index (χ0) is 15.3. The number of aliphatic hydroxyl groups excluding tert-OH is 1. The van der Waals surface area contributed by atoms with Crippen molar-refractivity contribution >= 4 is 5.78 Å². The van der Waals surface area contributed by atoms with E-state index >= 15 is 0 Å². The van der Waals surface area contributed by atoms with Crippen LogP contribution in [0.2, 0.25) is 0 Å². The molecule has 0 radical (unpaired) electrons. The molecule has 0 aliphatic carbocycles. The molecule has 6 heteroatoms. The number of alkyl halides is 3. The van der Waals surface area contributed by atoms with Gasteiger partial charge in [0.2, 0.25) is 0 Å². The van der Waals surface area contributed by atoms with Gasteiger partial charge in [0.1, 0.15) is 0 Å². The third-order valence-electron chi connectivity index (χ3n) is 2.74. The van der Waals surface area contributed by atoms with Crippen LogP contribution >= 0.6 is 0 Å². The normalized spacial score (nSPS) is 14.0. The van der Waals surface area contributed by atoms with Crippen LogP contribution in [0.5, 0.6) is 0 Å². The Morgan fingerprint density at radius 3 is 2.30 bits per heavy atom. The van der Waals surface area contributed by atoms with Gasteiger partial charge in [-0.1, -0.05) is 30.3 Å². The first-order valence-corrected chi connectivity index (χ1v) is 5.94. The van der Waals surface area contributed by atoms with Gasteiger partial charge in [-0.2, -0.15) is 13.2 Å². The van der Waals surface area contributed by atoms with E-state index in [1.807, 2.05) is 0 Å². The summed E-state index contributed by atoms with van der Waals surface area (Å²) in [7, 11) is 3.04. The molecule has 0 saturated carbocycles. The molecule has 0 fully saturated rings. The van der Waals surface area contributed by atoms with Gasteiger partial charge in [-0.25, -0.2) is 0 Å². The van der Waals surface area contributed by atoms with Crippen molar-refractivity contribution in [3.05, 3.63) is 47.7 Å². The number of hydrogen-bond acceptors (Lipinski definition) is 3. The second kappa shape index (κ2) is 6.56. The average molecular weight is 287 g/mol. The lowest BCUT2D eigenvalue weighted by atomic mass is 10.0. The van der Waals surface area contributed by atoms with Gasteiger partial charge in [-0.15, -0.1) is 0 Å². The molecule has 0 aromatic heterocycles. The quantitative estimate of drug-likeness (QED) is 0.846. The molecule has 0 amide bonds. The van der Waals surface area contributed by atoms with Crippen molar-refractivity contribution in [2.45, 2.75) is 18.7 Å². The standard InChI is InChI=1S/C14H16F3NO2/c1-18(2)11(9-13(20)14(15,16)17)8-12(19)10-6-4-3-5-7-10/h3-7,9,12,19H,8H2,1-2H3/b11-9-. The lowest BCUT2D eigenvalue weighted by Gasteiger charge is -2.20. The molecule has 0 bridgehead atoms. The van der Waals surface area contributed by atoms with Crippen LogP contribution in [0.1, 0.15) is 18.1 Å². The molecule has 1 aromatic carbocycles. The van der Waals surface area contributed by atoms with E-state index in [2.05, 4.69) is 0 Å². The molecule has 1 rings (SSSR count). The Balaban J connectivity index is 2.89. The average Bonchev–Trinajstić information content (AvgIpc) is 2.37. The van der Waals surface area contributed by atoms with Gasteiger partial charge in [0.25, 0.3) is 5.78 Å². The Morgan fingerprint density at radius 1 is 1.30 bits per heavy atom. The van der Waals surface area contributed by atoms with E-state index in [0.717, 1.165) is 0 Å². The van der Waals surface area contributed by atoms with Crippen LogP contribution in [0.15, 0.2) is 42.1 Å². The SMILES string of the molecule is CN(C)/C(=C\C(=O)C(F)(F)F)CC(O)c1ccccc1. The molecule has 0 spiro atoms. The number of aliphatic hydroxyl groups is 1. The minimum absolute atomic E-state index is 0.0706. The van der Waals surface area contributed by atoms with E-state index in [9.17, 15) is 23.1 Å². The predicted molar refractivity (Wildman–Crippen MR) is 68.9 cm³/mol. The highest BCUT2D eigenvalue weighted by Crippen LogP contribution is 2.24. The summed E-state index contributed by atoms with van der Waals surface area (Å²) in [6.45, 7) is 0. The van der Waals surface area contributed by atoms with Gasteiger partial charge in [-0.05, 0) is 5.56 Å². The van der Waals surface area contributed by atoms with Crippen molar-refractivity contribution in [3.8, 4) is 0 Å². The number of nitrogens with zero attached hydrogens (tertiary/aromatic N) is 1. The molecule has 1 aromatic rings. The maximum Gasteiger partial charge on any atom is 0.454 e. The summed E-state index contributed by atoms with van der Waals surface area (Å²) in [5.41, 5.74) is 0.698. The largest absolute Gasteiger partial charge is 0.454 e. The van der Waals surface area contributed by atoms with Gasteiger partial charge in [-0.3, -0.25) is 4.79 Å². The highest BCUT2D eigenvalue weighted by Gasteiger charge is 2.37. The third kappa shape index (κ3) is 4.70. The monoisotopic (exact) mass is 287 g/mol. The Bertz CT molecular complexity index is 481. The van der Waals surface area contributed by atoms with Crippen LogP contribution in [0.4, 0.5) is 13.2 Å². The van der Waals surface area contributed by atoms with Crippen LogP contribution < -0.4 is 0 Å². The molecule has 0 aliphatic heterocycles. The van der Waals surface area contributed by atoms with Gasteiger partial charge in [0.15, 0.2) is 0 Å². The number of carbonyl (C=O) groups is 1. The second-order valence-corrected chi connectivity index (χ2v) is 4.52. The molecule has 1 atom stereocenters. The molecule has 3 nitrogen and oxygen atoms in total. The zero-order valence-electron chi connectivity index (χ0n) is 11.2. The number of rotatable bonds is 5. The van der Waals surface area contributed by atoms with Crippen LogP contribution in [0, 0.1) is 0 Å². The minimum atomic E-state index is -4.90. The van der Waals surface area contributed by atoms with Crippen molar-refractivity contribution in [3.63, 3.8) is 0 Å². The first-order valence-electron chi connectivity index (χ1n) is 5.94. The summed E-state index contributed by atoms with van der Waals surface area (Å²) in [5, 5.41) is 10.00. The number of carbonyl (C=O) groups excluding carboxylic acids is 1. The van der Waals surface area contributed by atoms with Crippen molar-refractivity contribution in [1.82, 2.24) is 4.90 Å². The van der Waals surface area contributed by atoms with Crippen molar-refractivity contribution in [2.24, 2.45) is 0 Å². The Labute approximate surface area is 115 Å². The Hall–Kier alpha value is -1.82. The van der Waals surface area contributed by atoms with Crippen LogP contribution in [0.25, 0.3) is 0 Å². The number of halogens is 3. The summed E-state index contributed by atoms with van der Waals surface area (Å²) in [6, 6.07) is 8.55. The number of benzene rings is 1. The van der Waals surface area contributed by atoms with Crippen LogP contribution in [-0.2, 0) is 4.79 Å². The van der Waals surface area contributed by atoms with E-state index < -0.39 is 18.1 Å². The molecule has 1 unspecified atom stereocenters. The van der Waals surface area contributed by atoms with E-state index in [0.29, 0.717) is 11.6 Å². The lowest BCUT2D eigenvalue weighted by Crippen LogP contribution is -2.23. The van der Waals surface area contributed by atoms with Gasteiger partial charge in [0, 0.05) is 32.3 Å². The number of ketones is 1. The summed E-state index contributed by atoms with van der Waals surface area (Å²) < 4.78 is 36.8. The van der Waals surface area contributed by atoms with Crippen molar-refractivity contribution in [1.29, 1.82) is 0 Å². The molecular formula is C14H16F3NO2. The first kappa shape index (κ1) is 16.2. The smallest absolute Gasteiger partial charge is 0.388 e. The molecule has 0 saturated heterocycles. The minimum Gasteiger partial charge on any atom is -0.388 e. The maximum absolute atomic E-state index is 12.3. The summed E-state index contributed by atoms with van der Waals surface area (Å²) in [5.74, 6) is -1.93. The van der Waals surface area contributed by atoms with Gasteiger partial charge < -0.3 is 10.0 Å². The first-order chi connectivity index (χ1) is 9.21. The Morgan fingerprint density at radius 2 is 1.85 bits per heavy atom.